The quantitative estimate of drug-likeness (QED) is 0.641. The van der Waals surface area contributed by atoms with E-state index in [-0.39, 0.29) is 23.9 Å². The van der Waals surface area contributed by atoms with E-state index in [2.05, 4.69) is 27.4 Å². The van der Waals surface area contributed by atoms with Crippen LogP contribution in [0.1, 0.15) is 65.3 Å². The molecule has 6 nitrogen and oxygen atoms in total. The summed E-state index contributed by atoms with van der Waals surface area (Å²) in [5, 5.41) is 4.15. The van der Waals surface area contributed by atoms with Crippen molar-refractivity contribution in [2.24, 2.45) is 0 Å². The molecule has 1 N–H and O–H groups in total. The molecule has 1 fully saturated rings. The van der Waals surface area contributed by atoms with Crippen molar-refractivity contribution < 1.29 is 9.59 Å². The zero-order chi connectivity index (χ0) is 21.8. The first-order valence-corrected chi connectivity index (χ1v) is 11.7. The minimum Gasteiger partial charge on any atom is -0.349 e. The van der Waals surface area contributed by atoms with Crippen LogP contribution in [0.25, 0.3) is 10.1 Å². The average molecular weight is 437 g/mol. The highest BCUT2D eigenvalue weighted by atomic mass is 32.1. The molecule has 162 valence electrons. The normalized spacial score (nSPS) is 17.0. The number of fused-ring (bicyclic) bond motifs is 1. The third-order valence-corrected chi connectivity index (χ3v) is 6.90. The predicted molar refractivity (Wildman–Crippen MR) is 123 cm³/mol. The van der Waals surface area contributed by atoms with E-state index < -0.39 is 0 Å². The van der Waals surface area contributed by atoms with Crippen LogP contribution in [-0.2, 0) is 6.42 Å². The van der Waals surface area contributed by atoms with E-state index in [1.807, 2.05) is 30.9 Å². The van der Waals surface area contributed by atoms with Crippen molar-refractivity contribution in [2.45, 2.75) is 58.0 Å². The van der Waals surface area contributed by atoms with Gasteiger partial charge in [-0.15, -0.1) is 11.3 Å². The average Bonchev–Trinajstić information content (AvgIpc) is 2.97. The molecule has 0 unspecified atom stereocenters. The van der Waals surface area contributed by atoms with Crippen LogP contribution in [0.3, 0.4) is 0 Å². The Bertz CT molecular complexity index is 1060. The molecule has 3 aromatic rings. The van der Waals surface area contributed by atoms with Gasteiger partial charge in [-0.05, 0) is 50.1 Å². The monoisotopic (exact) mass is 436 g/mol. The predicted octanol–water partition coefficient (Wildman–Crippen LogP) is 4.46. The first-order valence-electron chi connectivity index (χ1n) is 10.9. The number of nitrogens with one attached hydrogen (secondary N) is 1. The Kier molecular flexibility index (Phi) is 6.61. The highest BCUT2D eigenvalue weighted by Gasteiger charge is 2.30. The number of nitrogens with zero attached hydrogens (tertiary/aromatic N) is 3. The summed E-state index contributed by atoms with van der Waals surface area (Å²) in [6.07, 6.45) is 9.41. The van der Waals surface area contributed by atoms with Crippen LogP contribution < -0.4 is 5.32 Å². The molecule has 0 spiro atoms. The van der Waals surface area contributed by atoms with Crippen molar-refractivity contribution in [3.8, 4) is 0 Å². The molecule has 1 aromatic carbocycles. The molecular weight excluding hydrogens is 408 g/mol. The number of carbonyl (C=O) groups excluding carboxylic acids is 2. The zero-order valence-electron chi connectivity index (χ0n) is 18.0. The third kappa shape index (κ3) is 4.77. The van der Waals surface area contributed by atoms with Crippen molar-refractivity contribution in [1.29, 1.82) is 0 Å². The van der Waals surface area contributed by atoms with E-state index in [4.69, 9.17) is 0 Å². The second-order valence-electron chi connectivity index (χ2n) is 8.33. The van der Waals surface area contributed by atoms with Gasteiger partial charge in [0.15, 0.2) is 0 Å². The standard InChI is InChI=1S/C24H28N4O2S/c1-16(2)27-23(29)22-19(18-9-5-6-10-21(18)31-22)14-17-8-4-3-7-13-28(17)24(30)20-15-25-11-12-26-20/h5-6,9-12,15-17H,3-4,7-8,13-14H2,1-2H3,(H,27,29)/t17-/m1/s1. The van der Waals surface area contributed by atoms with Crippen LogP contribution >= 0.6 is 11.3 Å². The van der Waals surface area contributed by atoms with Crippen molar-refractivity contribution in [2.75, 3.05) is 6.54 Å². The summed E-state index contributed by atoms with van der Waals surface area (Å²) in [5.74, 6) is -0.112. The van der Waals surface area contributed by atoms with Crippen molar-refractivity contribution in [3.05, 3.63) is 59.0 Å². The number of hydrogen-bond donors (Lipinski definition) is 1. The fourth-order valence-corrected chi connectivity index (χ4v) is 5.40. The lowest BCUT2D eigenvalue weighted by Gasteiger charge is -2.30. The van der Waals surface area contributed by atoms with Crippen LogP contribution in [0.2, 0.25) is 0 Å². The third-order valence-electron chi connectivity index (χ3n) is 5.68. The highest BCUT2D eigenvalue weighted by Crippen LogP contribution is 2.34. The maximum atomic E-state index is 13.3. The highest BCUT2D eigenvalue weighted by molar-refractivity contribution is 7.21. The Morgan fingerprint density at radius 3 is 2.81 bits per heavy atom. The first kappa shape index (κ1) is 21.4. The van der Waals surface area contributed by atoms with Crippen LogP contribution in [0.15, 0.2) is 42.9 Å². The molecule has 7 heteroatoms. The number of likely N-dealkylation sites (tertiary alicyclic amines) is 1. The molecule has 0 saturated carbocycles. The second-order valence-corrected chi connectivity index (χ2v) is 9.38. The van der Waals surface area contributed by atoms with Crippen molar-refractivity contribution in [1.82, 2.24) is 20.2 Å². The Balaban J connectivity index is 1.70. The van der Waals surface area contributed by atoms with E-state index >= 15 is 0 Å². The molecular formula is C24H28N4O2S. The van der Waals surface area contributed by atoms with Crippen molar-refractivity contribution in [3.63, 3.8) is 0 Å². The molecule has 0 aliphatic carbocycles. The van der Waals surface area contributed by atoms with Gasteiger partial charge in [0, 0.05) is 35.7 Å². The second kappa shape index (κ2) is 9.56. The Hall–Kier alpha value is -2.80. The summed E-state index contributed by atoms with van der Waals surface area (Å²) in [6, 6.07) is 8.25. The molecule has 4 rings (SSSR count). The molecule has 2 amide bonds. The van der Waals surface area contributed by atoms with Gasteiger partial charge in [-0.25, -0.2) is 4.98 Å². The summed E-state index contributed by atoms with van der Waals surface area (Å²) in [6.45, 7) is 4.64. The number of hydrogen-bond acceptors (Lipinski definition) is 5. The molecule has 31 heavy (non-hydrogen) atoms. The molecule has 0 radical (unpaired) electrons. The summed E-state index contributed by atoms with van der Waals surface area (Å²) < 4.78 is 1.10. The van der Waals surface area contributed by atoms with Crippen LogP contribution in [-0.4, -0.2) is 45.3 Å². The molecule has 1 saturated heterocycles. The van der Waals surface area contributed by atoms with Gasteiger partial charge >= 0.3 is 0 Å². The van der Waals surface area contributed by atoms with Gasteiger partial charge in [0.1, 0.15) is 5.69 Å². The summed E-state index contributed by atoms with van der Waals surface area (Å²) in [5.41, 5.74) is 1.42. The minimum atomic E-state index is -0.0762. The first-order chi connectivity index (χ1) is 15.0. The minimum absolute atomic E-state index is 0.0283. The Morgan fingerprint density at radius 1 is 1.19 bits per heavy atom. The number of rotatable bonds is 5. The number of amides is 2. The maximum absolute atomic E-state index is 13.3. The number of benzene rings is 1. The van der Waals surface area contributed by atoms with Gasteiger partial charge in [-0.2, -0.15) is 0 Å². The molecule has 1 aliphatic rings. The number of thiophene rings is 1. The zero-order valence-corrected chi connectivity index (χ0v) is 18.8. The van der Waals surface area contributed by atoms with E-state index in [1.54, 1.807) is 12.4 Å². The lowest BCUT2D eigenvalue weighted by Crippen LogP contribution is -2.42. The fourth-order valence-electron chi connectivity index (χ4n) is 4.26. The maximum Gasteiger partial charge on any atom is 0.274 e. The number of carbonyl (C=O) groups is 2. The summed E-state index contributed by atoms with van der Waals surface area (Å²) in [4.78, 5) is 37.3. The van der Waals surface area contributed by atoms with Crippen LogP contribution in [0.5, 0.6) is 0 Å². The number of aromatic nitrogens is 2. The van der Waals surface area contributed by atoms with E-state index in [0.717, 1.165) is 46.2 Å². The molecule has 1 atom stereocenters. The molecule has 3 heterocycles. The lowest BCUT2D eigenvalue weighted by molar-refractivity contribution is 0.0676. The van der Waals surface area contributed by atoms with E-state index in [9.17, 15) is 9.59 Å². The molecule has 2 aromatic heterocycles. The van der Waals surface area contributed by atoms with E-state index in [0.29, 0.717) is 18.7 Å². The lowest BCUT2D eigenvalue weighted by atomic mass is 9.97. The molecule has 0 bridgehead atoms. The van der Waals surface area contributed by atoms with Crippen molar-refractivity contribution >= 4 is 33.2 Å². The Morgan fingerprint density at radius 2 is 2.03 bits per heavy atom. The van der Waals surface area contributed by atoms with Gasteiger partial charge in [-0.1, -0.05) is 31.0 Å². The Labute approximate surface area is 186 Å². The smallest absolute Gasteiger partial charge is 0.274 e. The SMILES string of the molecule is CC(C)NC(=O)c1sc2ccccc2c1C[C@H]1CCCCCN1C(=O)c1cnccn1. The van der Waals surface area contributed by atoms with Gasteiger partial charge in [0.2, 0.25) is 0 Å². The summed E-state index contributed by atoms with van der Waals surface area (Å²) >= 11 is 1.54. The van der Waals surface area contributed by atoms with Crippen LogP contribution in [0.4, 0.5) is 0 Å². The van der Waals surface area contributed by atoms with Gasteiger partial charge in [-0.3, -0.25) is 14.6 Å². The van der Waals surface area contributed by atoms with E-state index in [1.165, 1.54) is 17.5 Å². The largest absolute Gasteiger partial charge is 0.349 e. The van der Waals surface area contributed by atoms with Gasteiger partial charge < -0.3 is 10.2 Å². The fraction of sp³-hybridized carbons (Fsp3) is 0.417. The summed E-state index contributed by atoms with van der Waals surface area (Å²) in [7, 11) is 0. The topological polar surface area (TPSA) is 75.2 Å². The van der Waals surface area contributed by atoms with Crippen LogP contribution in [0, 0.1) is 0 Å². The van der Waals surface area contributed by atoms with Gasteiger partial charge in [0.05, 0.1) is 11.1 Å². The van der Waals surface area contributed by atoms with Gasteiger partial charge in [0.25, 0.3) is 11.8 Å². The molecule has 1 aliphatic heterocycles.